The van der Waals surface area contributed by atoms with Gasteiger partial charge in [0.25, 0.3) is 0 Å². The summed E-state index contributed by atoms with van der Waals surface area (Å²) >= 11 is 0. The zero-order chi connectivity index (χ0) is 12.9. The molecule has 0 aromatic heterocycles. The Hall–Kier alpha value is -1.75. The Labute approximate surface area is 99.7 Å². The molecule has 0 bridgehead atoms. The molecular formula is C12H17NO4. The summed E-state index contributed by atoms with van der Waals surface area (Å²) in [5, 5.41) is 29.3. The lowest BCUT2D eigenvalue weighted by Crippen LogP contribution is -2.48. The molecule has 0 heterocycles. The highest BCUT2D eigenvalue weighted by Crippen LogP contribution is 2.16. The molecule has 1 aromatic carbocycles. The Kier molecular flexibility index (Phi) is 4.34. The molecule has 5 heteroatoms. The number of benzene rings is 1. The summed E-state index contributed by atoms with van der Waals surface area (Å²) in [7, 11) is 0. The van der Waals surface area contributed by atoms with E-state index in [0.717, 1.165) is 5.56 Å². The van der Waals surface area contributed by atoms with Crippen molar-refractivity contribution < 1.29 is 20.1 Å². The second-order valence-corrected chi connectivity index (χ2v) is 4.32. The maximum atomic E-state index is 10.6. The van der Waals surface area contributed by atoms with Gasteiger partial charge >= 0.3 is 6.09 Å². The number of carbonyl (C=O) groups is 1. The van der Waals surface area contributed by atoms with Crippen LogP contribution in [0, 0.1) is 0 Å². The molecule has 0 aliphatic carbocycles. The van der Waals surface area contributed by atoms with Gasteiger partial charge in [0, 0.05) is 0 Å². The summed E-state index contributed by atoms with van der Waals surface area (Å²) < 4.78 is 0. The molecule has 1 aromatic rings. The molecule has 4 N–H and O–H groups in total. The molecule has 17 heavy (non-hydrogen) atoms. The first-order valence-electron chi connectivity index (χ1n) is 5.35. The van der Waals surface area contributed by atoms with E-state index < -0.39 is 11.6 Å². The fourth-order valence-corrected chi connectivity index (χ4v) is 1.52. The third-order valence-electron chi connectivity index (χ3n) is 2.66. The Morgan fingerprint density at radius 2 is 1.94 bits per heavy atom. The van der Waals surface area contributed by atoms with Crippen molar-refractivity contribution in [3.63, 3.8) is 0 Å². The van der Waals surface area contributed by atoms with Crippen LogP contribution in [0.1, 0.15) is 18.9 Å². The summed E-state index contributed by atoms with van der Waals surface area (Å²) in [6, 6.07) is 6.70. The van der Waals surface area contributed by atoms with Crippen LogP contribution in [0.3, 0.4) is 0 Å². The van der Waals surface area contributed by atoms with Crippen LogP contribution in [0.25, 0.3) is 0 Å². The highest BCUT2D eigenvalue weighted by molar-refractivity contribution is 5.65. The molecule has 5 nitrogen and oxygen atoms in total. The Morgan fingerprint density at radius 3 is 2.41 bits per heavy atom. The summed E-state index contributed by atoms with van der Waals surface area (Å²) in [4.78, 5) is 10.6. The quantitative estimate of drug-likeness (QED) is 0.624. The topological polar surface area (TPSA) is 89.8 Å². The van der Waals surface area contributed by atoms with Crippen LogP contribution in [-0.4, -0.2) is 33.6 Å². The van der Waals surface area contributed by atoms with E-state index in [2.05, 4.69) is 5.32 Å². The van der Waals surface area contributed by atoms with Gasteiger partial charge in [-0.05, 0) is 37.5 Å². The minimum Gasteiger partial charge on any atom is -0.508 e. The van der Waals surface area contributed by atoms with Crippen molar-refractivity contribution in [1.82, 2.24) is 5.32 Å². The van der Waals surface area contributed by atoms with Crippen molar-refractivity contribution in [2.45, 2.75) is 25.3 Å². The number of hydrogen-bond acceptors (Lipinski definition) is 3. The largest absolute Gasteiger partial charge is 0.508 e. The number of carboxylic acid groups (broad SMARTS) is 1. The van der Waals surface area contributed by atoms with Crippen molar-refractivity contribution >= 4 is 6.09 Å². The molecule has 1 rings (SSSR count). The monoisotopic (exact) mass is 239 g/mol. The molecule has 0 radical (unpaired) electrons. The van der Waals surface area contributed by atoms with Crippen molar-refractivity contribution in [3.05, 3.63) is 29.8 Å². The number of nitrogens with one attached hydrogen (secondary N) is 1. The number of phenols is 1. The lowest BCUT2D eigenvalue weighted by atomic mass is 9.94. The van der Waals surface area contributed by atoms with Gasteiger partial charge in [0.2, 0.25) is 0 Å². The zero-order valence-electron chi connectivity index (χ0n) is 9.68. The van der Waals surface area contributed by atoms with Gasteiger partial charge in [0.15, 0.2) is 0 Å². The number of phenolic OH excluding ortho intramolecular Hbond substituents is 1. The second kappa shape index (κ2) is 5.54. The Bertz CT molecular complexity index is 377. The van der Waals surface area contributed by atoms with Gasteiger partial charge in [0.05, 0.1) is 12.1 Å². The van der Waals surface area contributed by atoms with E-state index in [1.54, 1.807) is 31.2 Å². The van der Waals surface area contributed by atoms with Crippen molar-refractivity contribution in [1.29, 1.82) is 0 Å². The van der Waals surface area contributed by atoms with Gasteiger partial charge in [-0.15, -0.1) is 0 Å². The van der Waals surface area contributed by atoms with E-state index in [4.69, 9.17) is 10.2 Å². The van der Waals surface area contributed by atoms with Gasteiger partial charge in [-0.3, -0.25) is 0 Å². The fraction of sp³-hybridized carbons (Fsp3) is 0.417. The normalized spacial score (nSPS) is 14.0. The standard InChI is InChI=1S/C12H17NO4/c1-12(8-14,13-11(16)17)7-6-9-2-4-10(15)5-3-9/h2-5,13-15H,6-8H2,1H3,(H,16,17)/t12-/m1/s1. The van der Waals surface area contributed by atoms with E-state index in [9.17, 15) is 9.90 Å². The maximum Gasteiger partial charge on any atom is 0.405 e. The Balaban J connectivity index is 2.58. The third-order valence-corrected chi connectivity index (χ3v) is 2.66. The fourth-order valence-electron chi connectivity index (χ4n) is 1.52. The number of rotatable bonds is 5. The van der Waals surface area contributed by atoms with Crippen molar-refractivity contribution in [2.75, 3.05) is 6.61 Å². The van der Waals surface area contributed by atoms with Crippen LogP contribution < -0.4 is 5.32 Å². The number of aliphatic hydroxyl groups excluding tert-OH is 1. The van der Waals surface area contributed by atoms with Crippen LogP contribution >= 0.6 is 0 Å². The smallest absolute Gasteiger partial charge is 0.405 e. The van der Waals surface area contributed by atoms with E-state index in [0.29, 0.717) is 12.8 Å². The van der Waals surface area contributed by atoms with E-state index in [-0.39, 0.29) is 12.4 Å². The van der Waals surface area contributed by atoms with Crippen molar-refractivity contribution in [3.8, 4) is 5.75 Å². The molecule has 94 valence electrons. The second-order valence-electron chi connectivity index (χ2n) is 4.32. The molecule has 0 unspecified atom stereocenters. The Morgan fingerprint density at radius 1 is 1.35 bits per heavy atom. The van der Waals surface area contributed by atoms with Crippen LogP contribution in [0.2, 0.25) is 0 Å². The average molecular weight is 239 g/mol. The first-order chi connectivity index (χ1) is 7.95. The molecule has 0 saturated carbocycles. The average Bonchev–Trinajstić information content (AvgIpc) is 2.27. The molecule has 0 aliphatic heterocycles. The number of aliphatic hydroxyl groups is 1. The zero-order valence-corrected chi connectivity index (χ0v) is 9.68. The first-order valence-corrected chi connectivity index (χ1v) is 5.35. The number of aromatic hydroxyl groups is 1. The van der Waals surface area contributed by atoms with Crippen LogP contribution in [0.4, 0.5) is 4.79 Å². The molecule has 0 spiro atoms. The molecule has 0 aliphatic rings. The first kappa shape index (κ1) is 13.3. The summed E-state index contributed by atoms with van der Waals surface area (Å²) in [6.07, 6.45) is -0.0367. The minimum atomic E-state index is -1.15. The predicted molar refractivity (Wildman–Crippen MR) is 63.1 cm³/mol. The van der Waals surface area contributed by atoms with Gasteiger partial charge in [0.1, 0.15) is 5.75 Å². The van der Waals surface area contributed by atoms with Gasteiger partial charge < -0.3 is 20.6 Å². The van der Waals surface area contributed by atoms with Gasteiger partial charge in [-0.2, -0.15) is 0 Å². The number of amides is 1. The molecule has 0 saturated heterocycles. The number of aryl methyl sites for hydroxylation is 1. The van der Waals surface area contributed by atoms with Crippen LogP contribution in [0.5, 0.6) is 5.75 Å². The van der Waals surface area contributed by atoms with E-state index in [1.165, 1.54) is 0 Å². The predicted octanol–water partition coefficient (Wildman–Crippen LogP) is 1.34. The highest BCUT2D eigenvalue weighted by atomic mass is 16.4. The van der Waals surface area contributed by atoms with Crippen LogP contribution in [0.15, 0.2) is 24.3 Å². The van der Waals surface area contributed by atoms with Crippen molar-refractivity contribution in [2.24, 2.45) is 0 Å². The lowest BCUT2D eigenvalue weighted by molar-refractivity contribution is 0.141. The summed E-state index contributed by atoms with van der Waals surface area (Å²) in [5.74, 6) is 0.197. The summed E-state index contributed by atoms with van der Waals surface area (Å²) in [6.45, 7) is 1.40. The highest BCUT2D eigenvalue weighted by Gasteiger charge is 2.24. The van der Waals surface area contributed by atoms with Gasteiger partial charge in [-0.25, -0.2) is 4.79 Å². The minimum absolute atomic E-state index is 0.197. The van der Waals surface area contributed by atoms with Crippen LogP contribution in [-0.2, 0) is 6.42 Å². The molecular weight excluding hydrogens is 222 g/mol. The summed E-state index contributed by atoms with van der Waals surface area (Å²) in [5.41, 5.74) is 0.138. The lowest BCUT2D eigenvalue weighted by Gasteiger charge is -2.27. The van der Waals surface area contributed by atoms with E-state index >= 15 is 0 Å². The van der Waals surface area contributed by atoms with E-state index in [1.807, 2.05) is 0 Å². The SMILES string of the molecule is C[C@](CO)(CCc1ccc(O)cc1)NC(=O)O. The molecule has 1 amide bonds. The molecule has 0 fully saturated rings. The molecule has 1 atom stereocenters. The third kappa shape index (κ3) is 4.32. The number of hydrogen-bond donors (Lipinski definition) is 4. The maximum absolute atomic E-state index is 10.6. The van der Waals surface area contributed by atoms with Gasteiger partial charge in [-0.1, -0.05) is 12.1 Å².